The van der Waals surface area contributed by atoms with Crippen molar-refractivity contribution < 1.29 is 14.3 Å². The van der Waals surface area contributed by atoms with Crippen molar-refractivity contribution in [2.45, 2.75) is 38.1 Å². The van der Waals surface area contributed by atoms with Crippen LogP contribution in [-0.4, -0.2) is 42.5 Å². The number of halogens is 2. The second-order valence-electron chi connectivity index (χ2n) is 6.10. The number of nitrogens with one attached hydrogen (secondary N) is 3. The Bertz CT molecular complexity index is 649. The topological polar surface area (TPSA) is 82.7 Å². The van der Waals surface area contributed by atoms with E-state index >= 15 is 0 Å². The smallest absolute Gasteiger partial charge is 0.328 e. The zero-order valence-corrected chi connectivity index (χ0v) is 15.2. The molecule has 0 bridgehead atoms. The third-order valence-corrected chi connectivity index (χ3v) is 4.95. The molecule has 0 unspecified atom stereocenters. The summed E-state index contributed by atoms with van der Waals surface area (Å²) in [5.74, 6) is 0. The summed E-state index contributed by atoms with van der Waals surface area (Å²) >= 11 is 12.2. The maximum absolute atomic E-state index is 12.4. The Morgan fingerprint density at radius 2 is 1.84 bits per heavy atom. The van der Waals surface area contributed by atoms with Crippen LogP contribution in [0.2, 0.25) is 10.0 Å². The Hall–Kier alpha value is -1.54. The fourth-order valence-electron chi connectivity index (χ4n) is 3.06. The maximum atomic E-state index is 12.4. The molecule has 2 saturated heterocycles. The van der Waals surface area contributed by atoms with E-state index in [1.807, 2.05) is 6.92 Å². The molecule has 25 heavy (non-hydrogen) atoms. The predicted molar refractivity (Wildman–Crippen MR) is 94.5 cm³/mol. The van der Waals surface area contributed by atoms with Crippen LogP contribution in [0.1, 0.15) is 31.4 Å². The van der Waals surface area contributed by atoms with E-state index in [-0.39, 0.29) is 12.1 Å². The minimum atomic E-state index is -0.693. The van der Waals surface area contributed by atoms with Crippen LogP contribution in [-0.2, 0) is 4.74 Å². The average molecular weight is 387 g/mol. The lowest BCUT2D eigenvalue weighted by Gasteiger charge is -2.39. The van der Waals surface area contributed by atoms with E-state index in [9.17, 15) is 9.59 Å². The summed E-state index contributed by atoms with van der Waals surface area (Å²) in [5.41, 5.74) is 0.782. The first-order valence-electron chi connectivity index (χ1n) is 8.14. The lowest BCUT2D eigenvalue weighted by molar-refractivity contribution is 0.0492. The molecule has 0 saturated carbocycles. The van der Waals surface area contributed by atoms with Crippen LogP contribution in [0, 0.1) is 0 Å². The highest BCUT2D eigenvalue weighted by molar-refractivity contribution is 6.33. The number of carbonyl (C=O) groups is 2. The molecule has 4 amide bonds. The van der Waals surface area contributed by atoms with Crippen molar-refractivity contribution in [3.63, 3.8) is 0 Å². The molecule has 136 valence electrons. The van der Waals surface area contributed by atoms with Gasteiger partial charge >= 0.3 is 12.1 Å². The maximum Gasteiger partial charge on any atom is 0.328 e. The van der Waals surface area contributed by atoms with E-state index in [0.29, 0.717) is 36.1 Å². The minimum Gasteiger partial charge on any atom is -0.381 e. The Morgan fingerprint density at radius 3 is 2.48 bits per heavy atom. The second-order valence-corrected chi connectivity index (χ2v) is 6.94. The van der Waals surface area contributed by atoms with Gasteiger partial charge in [0.15, 0.2) is 6.29 Å². The number of hydrogen-bond acceptors (Lipinski definition) is 4. The van der Waals surface area contributed by atoms with Gasteiger partial charge in [-0.3, -0.25) is 5.32 Å². The van der Waals surface area contributed by atoms with Crippen molar-refractivity contribution in [3.8, 4) is 0 Å². The van der Waals surface area contributed by atoms with Crippen molar-refractivity contribution >= 4 is 35.3 Å². The molecule has 0 aliphatic carbocycles. The molecule has 7 nitrogen and oxygen atoms in total. The molecule has 2 aliphatic rings. The van der Waals surface area contributed by atoms with Gasteiger partial charge in [-0.15, -0.1) is 0 Å². The van der Waals surface area contributed by atoms with Gasteiger partial charge in [0.05, 0.1) is 0 Å². The summed E-state index contributed by atoms with van der Waals surface area (Å²) in [4.78, 5) is 26.0. The summed E-state index contributed by atoms with van der Waals surface area (Å²) in [7, 11) is 0. The van der Waals surface area contributed by atoms with Gasteiger partial charge in [-0.2, -0.15) is 0 Å². The van der Waals surface area contributed by atoms with Gasteiger partial charge in [0.2, 0.25) is 0 Å². The average Bonchev–Trinajstić information content (AvgIpc) is 2.57. The molecule has 1 atom stereocenters. The standard InChI is InChI=1S/C16H20Cl2N4O3/c1-9(12-8-10(17)2-3-13(12)18)19-14-20-15(23)22(16(24)21-14)11-4-6-25-7-5-11/h2-3,8-9,11,14,19H,4-7H2,1H3,(H,20,23)(H,21,24)/t9-/m0/s1. The SMILES string of the molecule is C[C@H](NC1NC(=O)N(C2CCOCC2)C(=O)N1)c1cc(Cl)ccc1Cl. The third-order valence-electron chi connectivity index (χ3n) is 4.37. The molecule has 0 aromatic heterocycles. The largest absolute Gasteiger partial charge is 0.381 e. The Balaban J connectivity index is 1.64. The van der Waals surface area contributed by atoms with E-state index in [0.717, 1.165) is 5.56 Å². The molecular weight excluding hydrogens is 367 g/mol. The molecule has 1 aromatic carbocycles. The fourth-order valence-corrected chi connectivity index (χ4v) is 3.52. The molecule has 3 rings (SSSR count). The first-order valence-corrected chi connectivity index (χ1v) is 8.90. The summed E-state index contributed by atoms with van der Waals surface area (Å²) < 4.78 is 5.28. The number of ether oxygens (including phenoxy) is 1. The molecule has 2 heterocycles. The normalized spacial score (nSPS) is 21.0. The first kappa shape index (κ1) is 18.3. The molecule has 3 N–H and O–H groups in total. The fraction of sp³-hybridized carbons (Fsp3) is 0.500. The van der Waals surface area contributed by atoms with E-state index in [2.05, 4.69) is 16.0 Å². The summed E-state index contributed by atoms with van der Waals surface area (Å²) in [6.45, 7) is 2.97. The van der Waals surface area contributed by atoms with E-state index < -0.39 is 18.4 Å². The van der Waals surface area contributed by atoms with Crippen LogP contribution in [0.15, 0.2) is 18.2 Å². The molecule has 2 fully saturated rings. The highest BCUT2D eigenvalue weighted by Gasteiger charge is 2.37. The van der Waals surface area contributed by atoms with Crippen molar-refractivity contribution in [2.24, 2.45) is 0 Å². The van der Waals surface area contributed by atoms with Crippen molar-refractivity contribution in [2.75, 3.05) is 13.2 Å². The van der Waals surface area contributed by atoms with E-state index in [4.69, 9.17) is 27.9 Å². The van der Waals surface area contributed by atoms with Gasteiger partial charge in [0.1, 0.15) is 0 Å². The van der Waals surface area contributed by atoms with Crippen molar-refractivity contribution in [3.05, 3.63) is 33.8 Å². The lowest BCUT2D eigenvalue weighted by atomic mass is 10.1. The minimum absolute atomic E-state index is 0.144. The molecule has 2 aliphatic heterocycles. The summed E-state index contributed by atoms with van der Waals surface area (Å²) in [6, 6.07) is 3.96. The highest BCUT2D eigenvalue weighted by atomic mass is 35.5. The van der Waals surface area contributed by atoms with Crippen LogP contribution in [0.4, 0.5) is 9.59 Å². The molecule has 0 spiro atoms. The number of carbonyl (C=O) groups excluding carboxylic acids is 2. The number of imide groups is 1. The molecule has 0 radical (unpaired) electrons. The number of urea groups is 2. The number of amides is 4. The Kier molecular flexibility index (Phi) is 5.68. The third kappa shape index (κ3) is 4.17. The van der Waals surface area contributed by atoms with Gasteiger partial charge in [-0.25, -0.2) is 14.5 Å². The summed E-state index contributed by atoms with van der Waals surface area (Å²) in [6.07, 6.45) is 0.599. The quantitative estimate of drug-likeness (QED) is 0.742. The Morgan fingerprint density at radius 1 is 1.20 bits per heavy atom. The van der Waals surface area contributed by atoms with E-state index in [1.165, 1.54) is 4.90 Å². The second kappa shape index (κ2) is 7.78. The van der Waals surface area contributed by atoms with Gasteiger partial charge in [0, 0.05) is 35.3 Å². The highest BCUT2D eigenvalue weighted by Crippen LogP contribution is 2.26. The zero-order chi connectivity index (χ0) is 18.0. The molecule has 9 heteroatoms. The number of nitrogens with zero attached hydrogens (tertiary/aromatic N) is 1. The van der Waals surface area contributed by atoms with Crippen molar-refractivity contribution in [1.82, 2.24) is 20.9 Å². The number of benzene rings is 1. The van der Waals surface area contributed by atoms with Gasteiger partial charge in [0.25, 0.3) is 0 Å². The first-order chi connectivity index (χ1) is 12.0. The molecule has 1 aromatic rings. The van der Waals surface area contributed by atoms with Crippen LogP contribution in [0.5, 0.6) is 0 Å². The van der Waals surface area contributed by atoms with Crippen LogP contribution >= 0.6 is 23.2 Å². The number of hydrogen-bond donors (Lipinski definition) is 3. The van der Waals surface area contributed by atoms with Crippen LogP contribution in [0.3, 0.4) is 0 Å². The zero-order valence-electron chi connectivity index (χ0n) is 13.7. The predicted octanol–water partition coefficient (Wildman–Crippen LogP) is 2.84. The lowest BCUT2D eigenvalue weighted by Crippen LogP contribution is -2.70. The van der Waals surface area contributed by atoms with Gasteiger partial charge in [-0.1, -0.05) is 23.2 Å². The summed E-state index contributed by atoms with van der Waals surface area (Å²) in [5, 5.41) is 9.76. The van der Waals surface area contributed by atoms with Crippen molar-refractivity contribution in [1.29, 1.82) is 0 Å². The van der Waals surface area contributed by atoms with Gasteiger partial charge in [-0.05, 0) is 43.5 Å². The van der Waals surface area contributed by atoms with E-state index in [1.54, 1.807) is 18.2 Å². The van der Waals surface area contributed by atoms with Crippen LogP contribution in [0.25, 0.3) is 0 Å². The number of rotatable bonds is 4. The van der Waals surface area contributed by atoms with Crippen LogP contribution < -0.4 is 16.0 Å². The molecular formula is C16H20Cl2N4O3. The monoisotopic (exact) mass is 386 g/mol. The van der Waals surface area contributed by atoms with Gasteiger partial charge < -0.3 is 15.4 Å². The Labute approximate surface area is 156 Å².